The van der Waals surface area contributed by atoms with Crippen molar-refractivity contribution in [2.45, 2.75) is 51.6 Å². The van der Waals surface area contributed by atoms with Crippen molar-refractivity contribution in [1.82, 2.24) is 9.47 Å². The molecule has 1 fully saturated rings. The Balaban J connectivity index is 2.20. The molecular formula is C16H26N2O3S. The molecule has 6 heteroatoms. The van der Waals surface area contributed by atoms with Crippen LogP contribution in [0.25, 0.3) is 0 Å². The van der Waals surface area contributed by atoms with E-state index in [9.17, 15) is 13.2 Å². The molecule has 0 saturated heterocycles. The Bertz CT molecular complexity index is 615. The van der Waals surface area contributed by atoms with E-state index >= 15 is 0 Å². The Hall–Kier alpha value is -1.30. The van der Waals surface area contributed by atoms with Gasteiger partial charge < -0.3 is 9.47 Å². The number of sulfone groups is 1. The fourth-order valence-electron chi connectivity index (χ4n) is 3.41. The molecule has 0 unspecified atom stereocenters. The average molecular weight is 326 g/mol. The molecule has 1 aliphatic carbocycles. The van der Waals surface area contributed by atoms with E-state index in [1.54, 1.807) is 11.8 Å². The zero-order chi connectivity index (χ0) is 16.3. The number of hydrogen-bond acceptors (Lipinski definition) is 3. The van der Waals surface area contributed by atoms with Gasteiger partial charge >= 0.3 is 0 Å². The molecule has 1 saturated carbocycles. The van der Waals surface area contributed by atoms with Gasteiger partial charge in [0.15, 0.2) is 0 Å². The first-order valence-corrected chi connectivity index (χ1v) is 10.0. The lowest BCUT2D eigenvalue weighted by Crippen LogP contribution is -2.43. The van der Waals surface area contributed by atoms with Crippen LogP contribution >= 0.6 is 0 Å². The monoisotopic (exact) mass is 326 g/mol. The third-order valence-electron chi connectivity index (χ3n) is 4.39. The molecule has 1 aromatic heterocycles. The van der Waals surface area contributed by atoms with E-state index in [1.807, 2.05) is 25.3 Å². The number of nitrogens with zero attached hydrogens (tertiary/aromatic N) is 2. The summed E-state index contributed by atoms with van der Waals surface area (Å²) in [5, 5.41) is 0. The van der Waals surface area contributed by atoms with Crippen molar-refractivity contribution in [2.24, 2.45) is 0 Å². The van der Waals surface area contributed by atoms with Gasteiger partial charge in [-0.15, -0.1) is 0 Å². The van der Waals surface area contributed by atoms with Crippen LogP contribution in [0.15, 0.2) is 18.3 Å². The third kappa shape index (κ3) is 3.91. The van der Waals surface area contributed by atoms with Crippen molar-refractivity contribution >= 4 is 15.7 Å². The molecule has 1 atom stereocenters. The topological polar surface area (TPSA) is 59.4 Å². The van der Waals surface area contributed by atoms with Crippen molar-refractivity contribution in [2.75, 3.05) is 18.6 Å². The number of rotatable bonds is 6. The van der Waals surface area contributed by atoms with Gasteiger partial charge in [-0.1, -0.05) is 12.8 Å². The fourth-order valence-corrected chi connectivity index (χ4v) is 4.46. The Morgan fingerprint density at radius 1 is 1.41 bits per heavy atom. The second-order valence-electron chi connectivity index (χ2n) is 6.27. The largest absolute Gasteiger partial charge is 0.340 e. The summed E-state index contributed by atoms with van der Waals surface area (Å²) in [6.07, 6.45) is 7.82. The van der Waals surface area contributed by atoms with Crippen LogP contribution in [-0.4, -0.2) is 48.4 Å². The highest BCUT2D eigenvalue weighted by Crippen LogP contribution is 2.31. The first kappa shape index (κ1) is 17.1. The van der Waals surface area contributed by atoms with Gasteiger partial charge in [-0.3, -0.25) is 4.79 Å². The highest BCUT2D eigenvalue weighted by atomic mass is 32.2. The van der Waals surface area contributed by atoms with Gasteiger partial charge in [0.1, 0.15) is 15.5 Å². The van der Waals surface area contributed by atoms with E-state index in [0.717, 1.165) is 12.8 Å². The van der Waals surface area contributed by atoms with Crippen LogP contribution in [0, 0.1) is 0 Å². The molecule has 0 N–H and O–H groups in total. The van der Waals surface area contributed by atoms with E-state index in [2.05, 4.69) is 4.57 Å². The Morgan fingerprint density at radius 3 is 2.59 bits per heavy atom. The molecule has 0 spiro atoms. The maximum absolute atomic E-state index is 12.9. The maximum Gasteiger partial charge on any atom is 0.270 e. The molecule has 1 amide bonds. The van der Waals surface area contributed by atoms with Crippen LogP contribution in [0.1, 0.15) is 56.1 Å². The molecule has 124 valence electrons. The van der Waals surface area contributed by atoms with Crippen molar-refractivity contribution < 1.29 is 13.2 Å². The van der Waals surface area contributed by atoms with Gasteiger partial charge in [0.05, 0.1) is 5.75 Å². The van der Waals surface area contributed by atoms with Gasteiger partial charge in [0.2, 0.25) is 0 Å². The van der Waals surface area contributed by atoms with Crippen LogP contribution in [-0.2, 0) is 9.84 Å². The summed E-state index contributed by atoms with van der Waals surface area (Å²) in [5.41, 5.74) is 0.675. The SMILES string of the molecule is CCN(C(=O)c1cccn1C1CCCC1)[C@@H](C)CS(C)(=O)=O. The minimum absolute atomic E-state index is 0.00326. The smallest absolute Gasteiger partial charge is 0.270 e. The Kier molecular flexibility index (Phi) is 5.32. The molecular weight excluding hydrogens is 300 g/mol. The van der Waals surface area contributed by atoms with Gasteiger partial charge in [0.25, 0.3) is 5.91 Å². The van der Waals surface area contributed by atoms with E-state index in [4.69, 9.17) is 0 Å². The quantitative estimate of drug-likeness (QED) is 0.807. The van der Waals surface area contributed by atoms with Crippen LogP contribution in [0.3, 0.4) is 0 Å². The van der Waals surface area contributed by atoms with E-state index in [0.29, 0.717) is 18.3 Å². The lowest BCUT2D eigenvalue weighted by molar-refractivity contribution is 0.0705. The van der Waals surface area contributed by atoms with Crippen molar-refractivity contribution in [3.05, 3.63) is 24.0 Å². The number of hydrogen-bond donors (Lipinski definition) is 0. The van der Waals surface area contributed by atoms with Gasteiger partial charge in [-0.05, 0) is 38.8 Å². The summed E-state index contributed by atoms with van der Waals surface area (Å²) >= 11 is 0. The second kappa shape index (κ2) is 6.86. The summed E-state index contributed by atoms with van der Waals surface area (Å²) in [7, 11) is -3.11. The second-order valence-corrected chi connectivity index (χ2v) is 8.46. The van der Waals surface area contributed by atoms with Crippen LogP contribution in [0.2, 0.25) is 0 Å². The summed E-state index contributed by atoms with van der Waals surface area (Å²) in [6.45, 7) is 4.19. The van der Waals surface area contributed by atoms with Gasteiger partial charge in [-0.2, -0.15) is 0 Å². The fraction of sp³-hybridized carbons (Fsp3) is 0.688. The normalized spacial score (nSPS) is 17.6. The van der Waals surface area contributed by atoms with E-state index in [1.165, 1.54) is 19.1 Å². The maximum atomic E-state index is 12.9. The van der Waals surface area contributed by atoms with E-state index < -0.39 is 9.84 Å². The molecule has 0 radical (unpaired) electrons. The number of amides is 1. The van der Waals surface area contributed by atoms with Crippen molar-refractivity contribution in [3.63, 3.8) is 0 Å². The highest BCUT2D eigenvalue weighted by Gasteiger charge is 2.27. The minimum atomic E-state index is -3.11. The highest BCUT2D eigenvalue weighted by molar-refractivity contribution is 7.90. The first-order valence-electron chi connectivity index (χ1n) is 7.99. The molecule has 22 heavy (non-hydrogen) atoms. The molecule has 0 bridgehead atoms. The molecule has 2 rings (SSSR count). The molecule has 1 aromatic rings. The molecule has 1 heterocycles. The van der Waals surface area contributed by atoms with Crippen molar-refractivity contribution in [1.29, 1.82) is 0 Å². The summed E-state index contributed by atoms with van der Waals surface area (Å²) < 4.78 is 25.1. The summed E-state index contributed by atoms with van der Waals surface area (Å²) in [6, 6.07) is 3.83. The van der Waals surface area contributed by atoms with E-state index in [-0.39, 0.29) is 17.7 Å². The third-order valence-corrected chi connectivity index (χ3v) is 5.48. The van der Waals surface area contributed by atoms with Crippen LogP contribution in [0.5, 0.6) is 0 Å². The van der Waals surface area contributed by atoms with Crippen molar-refractivity contribution in [3.8, 4) is 0 Å². The summed E-state index contributed by atoms with van der Waals surface area (Å²) in [4.78, 5) is 14.5. The molecule has 5 nitrogen and oxygen atoms in total. The lowest BCUT2D eigenvalue weighted by Gasteiger charge is -2.28. The van der Waals surface area contributed by atoms with Crippen LogP contribution in [0.4, 0.5) is 0 Å². The molecule has 0 aliphatic heterocycles. The number of carbonyl (C=O) groups excluding carboxylic acids is 1. The van der Waals surface area contributed by atoms with Gasteiger partial charge in [-0.25, -0.2) is 8.42 Å². The standard InChI is InChI=1S/C16H26N2O3S/c1-4-17(13(2)12-22(3,20)21)16(19)15-10-7-11-18(15)14-8-5-6-9-14/h7,10-11,13-14H,4-6,8-9,12H2,1-3H3/t13-/m0/s1. The Morgan fingerprint density at radius 2 is 2.05 bits per heavy atom. The predicted molar refractivity (Wildman–Crippen MR) is 87.8 cm³/mol. The zero-order valence-electron chi connectivity index (χ0n) is 13.7. The van der Waals surface area contributed by atoms with Crippen LogP contribution < -0.4 is 0 Å². The number of carbonyl (C=O) groups is 1. The Labute approximate surface area is 133 Å². The molecule has 1 aliphatic rings. The summed E-state index contributed by atoms with van der Waals surface area (Å²) in [5.74, 6) is -0.0768. The number of aromatic nitrogens is 1. The first-order chi connectivity index (χ1) is 10.3. The van der Waals surface area contributed by atoms with Gasteiger partial charge in [0, 0.05) is 31.1 Å². The predicted octanol–water partition coefficient (Wildman–Crippen LogP) is 2.50. The average Bonchev–Trinajstić information content (AvgIpc) is 3.08. The lowest BCUT2D eigenvalue weighted by atomic mass is 10.2. The molecule has 0 aromatic carbocycles. The minimum Gasteiger partial charge on any atom is -0.340 e. The zero-order valence-corrected chi connectivity index (χ0v) is 14.5.